The van der Waals surface area contributed by atoms with E-state index in [1.54, 1.807) is 12.1 Å². The molecule has 0 aliphatic heterocycles. The second-order valence-electron chi connectivity index (χ2n) is 7.53. The summed E-state index contributed by atoms with van der Waals surface area (Å²) in [6, 6.07) is 21.5. The van der Waals surface area contributed by atoms with Crippen molar-refractivity contribution in [3.05, 3.63) is 89.0 Å². The van der Waals surface area contributed by atoms with Crippen LogP contribution >= 0.6 is 0 Å². The molecule has 3 heteroatoms. The summed E-state index contributed by atoms with van der Waals surface area (Å²) in [6.45, 7) is 4.35. The third-order valence-electron chi connectivity index (χ3n) is 5.37. The summed E-state index contributed by atoms with van der Waals surface area (Å²) in [5.74, 6) is 0.382. The number of nitrogens with one attached hydrogen (secondary N) is 1. The summed E-state index contributed by atoms with van der Waals surface area (Å²) < 4.78 is 0. The van der Waals surface area contributed by atoms with E-state index in [2.05, 4.69) is 43.4 Å². The molecule has 0 atom stereocenters. The fourth-order valence-corrected chi connectivity index (χ4v) is 3.80. The van der Waals surface area contributed by atoms with Crippen molar-refractivity contribution in [2.75, 3.05) is 5.32 Å². The second kappa shape index (κ2) is 7.43. The lowest BCUT2D eigenvalue weighted by Crippen LogP contribution is -2.14. The van der Waals surface area contributed by atoms with Crippen LogP contribution in [0.3, 0.4) is 0 Å². The van der Waals surface area contributed by atoms with Gasteiger partial charge in [-0.1, -0.05) is 62.4 Å². The number of hydrogen-bond acceptors (Lipinski definition) is 2. The molecule has 4 rings (SSSR count). The van der Waals surface area contributed by atoms with Gasteiger partial charge < -0.3 is 5.32 Å². The Kier molecular flexibility index (Phi) is 4.82. The number of hydrogen-bond donors (Lipinski definition) is 1. The number of anilines is 1. The second-order valence-corrected chi connectivity index (χ2v) is 7.53. The van der Waals surface area contributed by atoms with E-state index in [1.165, 1.54) is 5.56 Å². The van der Waals surface area contributed by atoms with E-state index < -0.39 is 0 Å². The van der Waals surface area contributed by atoms with Crippen LogP contribution in [0.2, 0.25) is 0 Å². The van der Waals surface area contributed by atoms with E-state index in [4.69, 9.17) is 0 Å². The monoisotopic (exact) mass is 369 g/mol. The highest BCUT2D eigenvalue weighted by Gasteiger charge is 2.27. The predicted molar refractivity (Wildman–Crippen MR) is 113 cm³/mol. The first-order chi connectivity index (χ1) is 13.5. The standard InChI is InChI=1S/C25H23NO2/c1-16(2)17-8-10-18(11-9-17)20-12-14-22(24-21(20)13-15-23(24)27)26-25(28)19-6-4-3-5-7-19/h3-12,14,16H,13,15H2,1-2H3,(H,26,28). The zero-order valence-corrected chi connectivity index (χ0v) is 16.2. The van der Waals surface area contributed by atoms with Gasteiger partial charge in [0, 0.05) is 17.5 Å². The van der Waals surface area contributed by atoms with Crippen molar-refractivity contribution in [2.24, 2.45) is 0 Å². The van der Waals surface area contributed by atoms with Crippen molar-refractivity contribution in [2.45, 2.75) is 32.6 Å². The fourth-order valence-electron chi connectivity index (χ4n) is 3.80. The quantitative estimate of drug-likeness (QED) is 0.626. The Morgan fingerprint density at radius 2 is 1.61 bits per heavy atom. The minimum absolute atomic E-state index is 0.0963. The maximum atomic E-state index is 12.6. The van der Waals surface area contributed by atoms with Crippen LogP contribution in [0.15, 0.2) is 66.7 Å². The predicted octanol–water partition coefficient (Wildman–Crippen LogP) is 5.86. The molecule has 0 bridgehead atoms. The van der Waals surface area contributed by atoms with Crippen LogP contribution in [0.5, 0.6) is 0 Å². The summed E-state index contributed by atoms with van der Waals surface area (Å²) in [7, 11) is 0. The van der Waals surface area contributed by atoms with Gasteiger partial charge in [-0.25, -0.2) is 0 Å². The van der Waals surface area contributed by atoms with Crippen molar-refractivity contribution in [3.63, 3.8) is 0 Å². The third-order valence-corrected chi connectivity index (χ3v) is 5.37. The molecule has 1 aliphatic rings. The zero-order chi connectivity index (χ0) is 19.7. The van der Waals surface area contributed by atoms with Crippen molar-refractivity contribution in [3.8, 4) is 11.1 Å². The summed E-state index contributed by atoms with van der Waals surface area (Å²) in [4.78, 5) is 25.1. The lowest BCUT2D eigenvalue weighted by Gasteiger charge is -2.14. The number of ketones is 1. The average molecular weight is 369 g/mol. The molecule has 1 aliphatic carbocycles. The molecule has 0 heterocycles. The molecule has 28 heavy (non-hydrogen) atoms. The molecular formula is C25H23NO2. The van der Waals surface area contributed by atoms with Gasteiger partial charge in [0.05, 0.1) is 5.69 Å². The molecule has 0 saturated carbocycles. The summed E-state index contributed by atoms with van der Waals surface area (Å²) in [6.07, 6.45) is 1.20. The lowest BCUT2D eigenvalue weighted by molar-refractivity contribution is 0.0995. The highest BCUT2D eigenvalue weighted by molar-refractivity contribution is 6.12. The first-order valence-corrected chi connectivity index (χ1v) is 9.70. The summed E-state index contributed by atoms with van der Waals surface area (Å²) >= 11 is 0. The van der Waals surface area contributed by atoms with Crippen LogP contribution in [0.25, 0.3) is 11.1 Å². The molecular weight excluding hydrogens is 346 g/mol. The van der Waals surface area contributed by atoms with Gasteiger partial charge in [0.1, 0.15) is 0 Å². The number of amides is 1. The topological polar surface area (TPSA) is 46.2 Å². The highest BCUT2D eigenvalue weighted by atomic mass is 16.1. The summed E-state index contributed by atoms with van der Waals surface area (Å²) in [5, 5.41) is 2.93. The number of rotatable bonds is 4. The van der Waals surface area contributed by atoms with E-state index in [0.29, 0.717) is 35.6 Å². The Labute approximate surface area is 165 Å². The van der Waals surface area contributed by atoms with Crippen LogP contribution < -0.4 is 5.32 Å². The number of fused-ring (bicyclic) bond motifs is 1. The minimum atomic E-state index is -0.198. The Morgan fingerprint density at radius 3 is 2.29 bits per heavy atom. The number of Topliss-reactive ketones (excluding diaryl/α,β-unsaturated/α-hetero) is 1. The van der Waals surface area contributed by atoms with Crippen molar-refractivity contribution in [1.29, 1.82) is 0 Å². The molecule has 0 aromatic heterocycles. The summed E-state index contributed by atoms with van der Waals surface area (Å²) in [5.41, 5.74) is 6.36. The van der Waals surface area contributed by atoms with Crippen LogP contribution in [0.1, 0.15) is 58.0 Å². The van der Waals surface area contributed by atoms with Crippen molar-refractivity contribution < 1.29 is 9.59 Å². The van der Waals surface area contributed by atoms with Gasteiger partial charge >= 0.3 is 0 Å². The Bertz CT molecular complexity index is 1030. The maximum absolute atomic E-state index is 12.6. The van der Waals surface area contributed by atoms with Gasteiger partial charge in [0.15, 0.2) is 5.78 Å². The van der Waals surface area contributed by atoms with Crippen LogP contribution in [-0.2, 0) is 6.42 Å². The number of carbonyl (C=O) groups excluding carboxylic acids is 2. The molecule has 3 aromatic rings. The number of benzene rings is 3. The van der Waals surface area contributed by atoms with Crippen LogP contribution in [-0.4, -0.2) is 11.7 Å². The lowest BCUT2D eigenvalue weighted by atomic mass is 9.93. The normalized spacial score (nSPS) is 12.9. The van der Waals surface area contributed by atoms with E-state index in [0.717, 1.165) is 16.7 Å². The molecule has 3 aromatic carbocycles. The molecule has 1 N–H and O–H groups in total. The van der Waals surface area contributed by atoms with E-state index in [9.17, 15) is 9.59 Å². The largest absolute Gasteiger partial charge is 0.321 e. The van der Waals surface area contributed by atoms with E-state index >= 15 is 0 Å². The van der Waals surface area contributed by atoms with E-state index in [-0.39, 0.29) is 11.7 Å². The first-order valence-electron chi connectivity index (χ1n) is 9.70. The number of carbonyl (C=O) groups is 2. The minimum Gasteiger partial charge on any atom is -0.321 e. The van der Waals surface area contributed by atoms with Gasteiger partial charge in [-0.15, -0.1) is 0 Å². The van der Waals surface area contributed by atoms with Gasteiger partial charge in [-0.2, -0.15) is 0 Å². The highest BCUT2D eigenvalue weighted by Crippen LogP contribution is 2.37. The average Bonchev–Trinajstić information content (AvgIpc) is 3.11. The van der Waals surface area contributed by atoms with Crippen LogP contribution in [0, 0.1) is 0 Å². The van der Waals surface area contributed by atoms with Crippen molar-refractivity contribution >= 4 is 17.4 Å². The molecule has 0 unspecified atom stereocenters. The zero-order valence-electron chi connectivity index (χ0n) is 16.2. The Balaban J connectivity index is 1.71. The molecule has 1 amide bonds. The first kappa shape index (κ1) is 18.2. The van der Waals surface area contributed by atoms with E-state index in [1.807, 2.05) is 30.3 Å². The SMILES string of the molecule is CC(C)c1ccc(-c2ccc(NC(=O)c3ccccc3)c3c2CCC3=O)cc1. The van der Waals surface area contributed by atoms with Gasteiger partial charge in [0.25, 0.3) is 5.91 Å². The maximum Gasteiger partial charge on any atom is 0.255 e. The smallest absolute Gasteiger partial charge is 0.255 e. The van der Waals surface area contributed by atoms with Gasteiger partial charge in [-0.05, 0) is 52.8 Å². The van der Waals surface area contributed by atoms with Gasteiger partial charge in [-0.3, -0.25) is 9.59 Å². The van der Waals surface area contributed by atoms with Crippen molar-refractivity contribution in [1.82, 2.24) is 0 Å². The molecule has 0 fully saturated rings. The molecule has 3 nitrogen and oxygen atoms in total. The molecule has 0 spiro atoms. The third kappa shape index (κ3) is 3.36. The fraction of sp³-hybridized carbons (Fsp3) is 0.200. The van der Waals surface area contributed by atoms with Crippen LogP contribution in [0.4, 0.5) is 5.69 Å². The Morgan fingerprint density at radius 1 is 0.893 bits per heavy atom. The Hall–Kier alpha value is -3.20. The molecule has 140 valence electrons. The van der Waals surface area contributed by atoms with Gasteiger partial charge in [0.2, 0.25) is 0 Å². The molecule has 0 saturated heterocycles. The molecule has 0 radical (unpaired) electrons.